The van der Waals surface area contributed by atoms with Crippen LogP contribution in [0, 0.1) is 12.8 Å². The maximum atomic E-state index is 12.6. The zero-order valence-corrected chi connectivity index (χ0v) is 14.5. The maximum absolute atomic E-state index is 12.6. The lowest BCUT2D eigenvalue weighted by Gasteiger charge is -2.42. The predicted octanol–water partition coefficient (Wildman–Crippen LogP) is 1.98. The normalized spacial score (nSPS) is 21.8. The van der Waals surface area contributed by atoms with Gasteiger partial charge >= 0.3 is 0 Å². The van der Waals surface area contributed by atoms with Gasteiger partial charge in [0, 0.05) is 32.6 Å². The van der Waals surface area contributed by atoms with Crippen LogP contribution in [0.15, 0.2) is 24.3 Å². The topological polar surface area (TPSA) is 49.9 Å². The minimum Gasteiger partial charge on any atom is -0.370 e. The molecule has 2 amide bonds. The molecule has 2 fully saturated rings. The van der Waals surface area contributed by atoms with Crippen LogP contribution in [0.3, 0.4) is 0 Å². The number of benzene rings is 1. The maximum Gasteiger partial charge on any atom is 0.227 e. The van der Waals surface area contributed by atoms with Gasteiger partial charge in [0.15, 0.2) is 0 Å². The van der Waals surface area contributed by atoms with Gasteiger partial charge in [-0.1, -0.05) is 24.3 Å². The molecule has 1 atom stereocenters. The lowest BCUT2D eigenvalue weighted by atomic mass is 9.94. The van der Waals surface area contributed by atoms with E-state index in [-0.39, 0.29) is 23.8 Å². The summed E-state index contributed by atoms with van der Waals surface area (Å²) in [6, 6.07) is 8.21. The van der Waals surface area contributed by atoms with E-state index in [1.165, 1.54) is 11.1 Å². The Kier molecular flexibility index (Phi) is 5.19. The molecule has 2 heterocycles. The Labute approximate surface area is 143 Å². The summed E-state index contributed by atoms with van der Waals surface area (Å²) in [5, 5.41) is 0. The minimum absolute atomic E-state index is 0.0417. The van der Waals surface area contributed by atoms with E-state index in [1.807, 2.05) is 24.0 Å². The molecule has 1 aromatic carbocycles. The van der Waals surface area contributed by atoms with Gasteiger partial charge in [0.2, 0.25) is 11.8 Å². The third-order valence-electron chi connectivity index (χ3n) is 5.13. The second-order valence-corrected chi connectivity index (χ2v) is 6.77. The fourth-order valence-corrected chi connectivity index (χ4v) is 3.38. The lowest BCUT2D eigenvalue weighted by molar-refractivity contribution is -0.154. The van der Waals surface area contributed by atoms with Crippen molar-refractivity contribution in [2.45, 2.75) is 39.4 Å². The number of nitrogens with zero attached hydrogens (tertiary/aromatic N) is 2. The fraction of sp³-hybridized carbons (Fsp3) is 0.579. The molecule has 2 aliphatic heterocycles. The molecule has 3 rings (SSSR count). The Morgan fingerprint density at radius 2 is 2.00 bits per heavy atom. The number of rotatable bonds is 5. The van der Waals surface area contributed by atoms with E-state index in [9.17, 15) is 9.59 Å². The van der Waals surface area contributed by atoms with Crippen molar-refractivity contribution < 1.29 is 14.3 Å². The molecule has 1 aromatic rings. The molecule has 0 bridgehead atoms. The van der Waals surface area contributed by atoms with E-state index < -0.39 is 0 Å². The summed E-state index contributed by atoms with van der Waals surface area (Å²) in [5.74, 6) is 0.307. The van der Waals surface area contributed by atoms with E-state index in [2.05, 4.69) is 19.1 Å². The first-order chi connectivity index (χ1) is 11.6. The largest absolute Gasteiger partial charge is 0.370 e. The van der Waals surface area contributed by atoms with Gasteiger partial charge in [0.1, 0.15) is 0 Å². The van der Waals surface area contributed by atoms with Crippen LogP contribution >= 0.6 is 0 Å². The van der Waals surface area contributed by atoms with E-state index in [0.717, 1.165) is 0 Å². The molecular weight excluding hydrogens is 304 g/mol. The van der Waals surface area contributed by atoms with Crippen LogP contribution in [-0.4, -0.2) is 53.9 Å². The van der Waals surface area contributed by atoms with Gasteiger partial charge in [0.05, 0.1) is 18.6 Å². The van der Waals surface area contributed by atoms with Gasteiger partial charge in [-0.3, -0.25) is 9.59 Å². The first-order valence-corrected chi connectivity index (χ1v) is 8.81. The summed E-state index contributed by atoms with van der Waals surface area (Å²) >= 11 is 0. The number of amides is 2. The number of aryl methyl sites for hydroxylation is 1. The molecule has 0 N–H and O–H groups in total. The minimum atomic E-state index is -0.0417. The Bertz CT molecular complexity index is 610. The first-order valence-electron chi connectivity index (χ1n) is 8.81. The quantitative estimate of drug-likeness (QED) is 0.829. The molecule has 130 valence electrons. The summed E-state index contributed by atoms with van der Waals surface area (Å²) in [7, 11) is 0. The Balaban J connectivity index is 1.44. The third kappa shape index (κ3) is 3.61. The summed E-state index contributed by atoms with van der Waals surface area (Å²) in [5.41, 5.74) is 2.43. The summed E-state index contributed by atoms with van der Waals surface area (Å²) in [6.07, 6.45) is 1.30. The summed E-state index contributed by atoms with van der Waals surface area (Å²) < 4.78 is 5.91. The number of piperidine rings is 1. The van der Waals surface area contributed by atoms with Gasteiger partial charge in [-0.15, -0.1) is 0 Å². The van der Waals surface area contributed by atoms with E-state index in [4.69, 9.17) is 4.74 Å². The Hall–Kier alpha value is -1.88. The molecule has 0 aliphatic carbocycles. The highest BCUT2D eigenvalue weighted by Crippen LogP contribution is 2.23. The highest BCUT2D eigenvalue weighted by atomic mass is 16.5. The molecule has 2 aliphatic rings. The molecule has 0 spiro atoms. The van der Waals surface area contributed by atoms with Gasteiger partial charge in [-0.2, -0.15) is 0 Å². The van der Waals surface area contributed by atoms with Crippen molar-refractivity contribution in [3.8, 4) is 0 Å². The molecule has 0 aromatic heterocycles. The van der Waals surface area contributed by atoms with Crippen molar-refractivity contribution in [3.05, 3.63) is 35.4 Å². The standard InChI is InChI=1S/C19H26N2O3/c1-3-20-10-15(8-9-18(20)22)19(23)21-11-17(12-21)24-13-16-7-5-4-6-14(16)2/h4-7,15,17H,3,8-13H2,1-2H3. The molecule has 0 radical (unpaired) electrons. The number of carbonyl (C=O) groups excluding carboxylic acids is 2. The Morgan fingerprint density at radius 1 is 1.25 bits per heavy atom. The van der Waals surface area contributed by atoms with Crippen molar-refractivity contribution in [3.63, 3.8) is 0 Å². The molecular formula is C19H26N2O3. The van der Waals surface area contributed by atoms with Crippen LogP contribution in [0.5, 0.6) is 0 Å². The average molecular weight is 330 g/mol. The lowest BCUT2D eigenvalue weighted by Crippen LogP contribution is -2.58. The number of hydrogen-bond acceptors (Lipinski definition) is 3. The van der Waals surface area contributed by atoms with Crippen LogP contribution in [0.4, 0.5) is 0 Å². The summed E-state index contributed by atoms with van der Waals surface area (Å²) in [6.45, 7) is 7.23. The highest BCUT2D eigenvalue weighted by molar-refractivity contribution is 5.84. The van der Waals surface area contributed by atoms with Crippen LogP contribution < -0.4 is 0 Å². The molecule has 0 saturated carbocycles. The van der Waals surface area contributed by atoms with Crippen molar-refractivity contribution >= 4 is 11.8 Å². The van der Waals surface area contributed by atoms with Gasteiger partial charge < -0.3 is 14.5 Å². The number of ether oxygens (including phenoxy) is 1. The number of likely N-dealkylation sites (tertiary alicyclic amines) is 2. The van der Waals surface area contributed by atoms with Crippen molar-refractivity contribution in [2.24, 2.45) is 5.92 Å². The van der Waals surface area contributed by atoms with Gasteiger partial charge in [-0.05, 0) is 31.4 Å². The van der Waals surface area contributed by atoms with Crippen LogP contribution in [0.1, 0.15) is 30.9 Å². The third-order valence-corrected chi connectivity index (χ3v) is 5.13. The monoisotopic (exact) mass is 330 g/mol. The predicted molar refractivity (Wildman–Crippen MR) is 91.3 cm³/mol. The average Bonchev–Trinajstić information content (AvgIpc) is 2.55. The molecule has 5 nitrogen and oxygen atoms in total. The smallest absolute Gasteiger partial charge is 0.227 e. The molecule has 2 saturated heterocycles. The molecule has 5 heteroatoms. The van der Waals surface area contributed by atoms with Crippen LogP contribution in [-0.2, 0) is 20.9 Å². The van der Waals surface area contributed by atoms with Gasteiger partial charge in [0.25, 0.3) is 0 Å². The van der Waals surface area contributed by atoms with Crippen LogP contribution in [0.2, 0.25) is 0 Å². The van der Waals surface area contributed by atoms with E-state index >= 15 is 0 Å². The zero-order valence-electron chi connectivity index (χ0n) is 14.5. The second-order valence-electron chi connectivity index (χ2n) is 6.77. The van der Waals surface area contributed by atoms with E-state index in [0.29, 0.717) is 45.6 Å². The fourth-order valence-electron chi connectivity index (χ4n) is 3.38. The zero-order chi connectivity index (χ0) is 17.1. The number of carbonyl (C=O) groups is 2. The van der Waals surface area contributed by atoms with Crippen LogP contribution in [0.25, 0.3) is 0 Å². The van der Waals surface area contributed by atoms with Crippen molar-refractivity contribution in [2.75, 3.05) is 26.2 Å². The molecule has 1 unspecified atom stereocenters. The summed E-state index contributed by atoms with van der Waals surface area (Å²) in [4.78, 5) is 27.9. The van der Waals surface area contributed by atoms with Crippen molar-refractivity contribution in [1.29, 1.82) is 0 Å². The highest BCUT2D eigenvalue weighted by Gasteiger charge is 2.37. The first kappa shape index (κ1) is 17.0. The SMILES string of the molecule is CCN1CC(C(=O)N2CC(OCc3ccccc3C)C2)CCC1=O. The van der Waals surface area contributed by atoms with Crippen molar-refractivity contribution in [1.82, 2.24) is 9.80 Å². The van der Waals surface area contributed by atoms with E-state index in [1.54, 1.807) is 4.90 Å². The Morgan fingerprint density at radius 3 is 2.71 bits per heavy atom. The molecule has 24 heavy (non-hydrogen) atoms. The number of hydrogen-bond donors (Lipinski definition) is 0. The van der Waals surface area contributed by atoms with Gasteiger partial charge in [-0.25, -0.2) is 0 Å². The second kappa shape index (κ2) is 7.34.